The molecule has 2 saturated carbocycles. The lowest BCUT2D eigenvalue weighted by molar-refractivity contribution is 0.115. The molecule has 0 spiro atoms. The van der Waals surface area contributed by atoms with Gasteiger partial charge in [-0.1, -0.05) is 42.8 Å². The Hall–Kier alpha value is -1.96. The molecule has 2 aromatic carbocycles. The highest BCUT2D eigenvalue weighted by molar-refractivity contribution is 5.64. The van der Waals surface area contributed by atoms with Crippen molar-refractivity contribution in [3.05, 3.63) is 71.8 Å². The third-order valence-corrected chi connectivity index (χ3v) is 7.32. The lowest BCUT2D eigenvalue weighted by Crippen LogP contribution is -2.30. The molecule has 0 amide bonds. The van der Waals surface area contributed by atoms with Gasteiger partial charge < -0.3 is 0 Å². The largest absolute Gasteiger partial charge is 0.207 e. The van der Waals surface area contributed by atoms with Crippen molar-refractivity contribution in [2.45, 2.75) is 64.2 Å². The van der Waals surface area contributed by atoms with Gasteiger partial charge in [0.1, 0.15) is 11.6 Å². The predicted octanol–water partition coefficient (Wildman–Crippen LogP) is 8.29. The van der Waals surface area contributed by atoms with E-state index in [1.807, 2.05) is 6.07 Å². The molecule has 29 heavy (non-hydrogen) atoms. The number of hydrogen-bond acceptors (Lipinski definition) is 0. The average Bonchev–Trinajstić information content (AvgIpc) is 2.74. The maximum atomic E-state index is 14.8. The van der Waals surface area contributed by atoms with Crippen LogP contribution in [0.5, 0.6) is 0 Å². The van der Waals surface area contributed by atoms with E-state index < -0.39 is 0 Å². The van der Waals surface area contributed by atoms with Crippen LogP contribution in [-0.2, 0) is 0 Å². The minimum Gasteiger partial charge on any atom is -0.207 e. The lowest BCUT2D eigenvalue weighted by Gasteiger charge is -2.42. The topological polar surface area (TPSA) is 0 Å². The highest BCUT2D eigenvalue weighted by Gasteiger charge is 2.35. The summed E-state index contributed by atoms with van der Waals surface area (Å²) in [6.45, 7) is 2.10. The van der Waals surface area contributed by atoms with Crippen molar-refractivity contribution in [3.63, 3.8) is 0 Å². The number of rotatable bonds is 5. The molecule has 0 aliphatic heterocycles. The first-order chi connectivity index (χ1) is 14.1. The van der Waals surface area contributed by atoms with E-state index in [1.165, 1.54) is 63.5 Å². The number of fused-ring (bicyclic) bond motifs is 1. The third-order valence-electron chi connectivity index (χ3n) is 7.32. The fourth-order valence-electron chi connectivity index (χ4n) is 5.70. The fourth-order valence-corrected chi connectivity index (χ4v) is 5.70. The van der Waals surface area contributed by atoms with Crippen LogP contribution >= 0.6 is 0 Å². The van der Waals surface area contributed by atoms with Crippen molar-refractivity contribution in [2.24, 2.45) is 17.8 Å². The van der Waals surface area contributed by atoms with Gasteiger partial charge >= 0.3 is 0 Å². The fraction of sp³-hybridized carbons (Fsp3) is 0.481. The highest BCUT2D eigenvalue weighted by atomic mass is 19.1. The molecule has 0 heterocycles. The Bertz CT molecular complexity index is 836. The van der Waals surface area contributed by atoms with Crippen molar-refractivity contribution in [2.75, 3.05) is 0 Å². The van der Waals surface area contributed by atoms with E-state index in [2.05, 4.69) is 25.1 Å². The minimum atomic E-state index is -0.293. The van der Waals surface area contributed by atoms with Gasteiger partial charge in [-0.25, -0.2) is 8.78 Å². The van der Waals surface area contributed by atoms with Gasteiger partial charge in [0.25, 0.3) is 0 Å². The van der Waals surface area contributed by atoms with E-state index >= 15 is 0 Å². The molecule has 4 unspecified atom stereocenters. The van der Waals surface area contributed by atoms with E-state index in [9.17, 15) is 8.78 Å². The van der Waals surface area contributed by atoms with E-state index in [0.29, 0.717) is 11.5 Å². The second kappa shape index (κ2) is 9.24. The van der Waals surface area contributed by atoms with Crippen LogP contribution in [0.2, 0.25) is 0 Å². The normalized spacial score (nSPS) is 27.1. The van der Waals surface area contributed by atoms with Gasteiger partial charge in [-0.3, -0.25) is 0 Å². The number of allylic oxidation sites excluding steroid dienone is 2. The molecule has 2 aliphatic rings. The summed E-state index contributed by atoms with van der Waals surface area (Å²) in [6, 6.07) is 11.8. The van der Waals surface area contributed by atoms with Crippen molar-refractivity contribution in [3.8, 4) is 11.1 Å². The van der Waals surface area contributed by atoms with Gasteiger partial charge in [-0.2, -0.15) is 0 Å². The average molecular weight is 395 g/mol. The van der Waals surface area contributed by atoms with Gasteiger partial charge in [0, 0.05) is 5.56 Å². The van der Waals surface area contributed by atoms with Gasteiger partial charge in [0.05, 0.1) is 0 Å². The van der Waals surface area contributed by atoms with Crippen molar-refractivity contribution in [1.29, 1.82) is 0 Å². The lowest BCUT2D eigenvalue weighted by atomic mass is 9.63. The molecule has 154 valence electrons. The first-order valence-electron chi connectivity index (χ1n) is 11.3. The summed E-state index contributed by atoms with van der Waals surface area (Å²) in [5.41, 5.74) is 2.43. The van der Waals surface area contributed by atoms with Crippen LogP contribution in [0, 0.1) is 29.4 Å². The van der Waals surface area contributed by atoms with E-state index in [4.69, 9.17) is 0 Å². The molecular weight excluding hydrogens is 362 g/mol. The molecule has 2 fully saturated rings. The van der Waals surface area contributed by atoms with Crippen LogP contribution in [0.3, 0.4) is 0 Å². The number of hydrogen-bond donors (Lipinski definition) is 0. The molecule has 2 aliphatic carbocycles. The standard InChI is InChI=1S/C27H32F2/c1-2-3-4-5-19-6-7-22-17-23(9-8-21(22)16-19)24-12-15-26(27(29)18-24)20-10-13-25(28)14-11-20/h2-3,10-15,18-19,21-23H,4-9,16-17H2,1H3/b3-2+. The Kier molecular flexibility index (Phi) is 6.47. The quantitative estimate of drug-likeness (QED) is 0.447. The van der Waals surface area contributed by atoms with Gasteiger partial charge in [0.2, 0.25) is 0 Å². The molecule has 0 saturated heterocycles. The molecule has 0 aromatic heterocycles. The van der Waals surface area contributed by atoms with E-state index in [0.717, 1.165) is 28.9 Å². The third kappa shape index (κ3) is 4.79. The summed E-state index contributed by atoms with van der Waals surface area (Å²) >= 11 is 0. The number of benzene rings is 2. The zero-order chi connectivity index (χ0) is 20.2. The summed E-state index contributed by atoms with van der Waals surface area (Å²) in [7, 11) is 0. The van der Waals surface area contributed by atoms with Crippen LogP contribution in [0.1, 0.15) is 69.8 Å². The van der Waals surface area contributed by atoms with E-state index in [1.54, 1.807) is 18.2 Å². The summed E-state index contributed by atoms with van der Waals surface area (Å²) in [5, 5.41) is 0. The molecule has 0 nitrogen and oxygen atoms in total. The maximum absolute atomic E-state index is 14.8. The summed E-state index contributed by atoms with van der Waals surface area (Å²) in [6.07, 6.45) is 14.8. The highest BCUT2D eigenvalue weighted by Crippen LogP contribution is 2.48. The van der Waals surface area contributed by atoms with Crippen LogP contribution in [0.25, 0.3) is 11.1 Å². The van der Waals surface area contributed by atoms with Crippen LogP contribution in [0.4, 0.5) is 8.78 Å². The minimum absolute atomic E-state index is 0.191. The predicted molar refractivity (Wildman–Crippen MR) is 117 cm³/mol. The van der Waals surface area contributed by atoms with E-state index in [-0.39, 0.29) is 11.6 Å². The zero-order valence-corrected chi connectivity index (χ0v) is 17.4. The van der Waals surface area contributed by atoms with Crippen LogP contribution in [-0.4, -0.2) is 0 Å². The van der Waals surface area contributed by atoms with Gasteiger partial charge in [-0.05, 0) is 105 Å². The molecule has 4 rings (SSSR count). The second-order valence-corrected chi connectivity index (χ2v) is 9.10. The molecule has 0 N–H and O–H groups in total. The van der Waals surface area contributed by atoms with Crippen molar-refractivity contribution < 1.29 is 8.78 Å². The van der Waals surface area contributed by atoms with Gasteiger partial charge in [0.15, 0.2) is 0 Å². The summed E-state index contributed by atoms with van der Waals surface area (Å²) < 4.78 is 28.0. The first kappa shape index (κ1) is 20.3. The molecule has 2 heteroatoms. The van der Waals surface area contributed by atoms with Crippen LogP contribution < -0.4 is 0 Å². The number of halogens is 2. The monoisotopic (exact) mass is 394 g/mol. The van der Waals surface area contributed by atoms with Crippen molar-refractivity contribution >= 4 is 0 Å². The summed E-state index contributed by atoms with van der Waals surface area (Å²) in [4.78, 5) is 0. The maximum Gasteiger partial charge on any atom is 0.131 e. The zero-order valence-electron chi connectivity index (χ0n) is 17.4. The second-order valence-electron chi connectivity index (χ2n) is 9.10. The Labute approximate surface area is 174 Å². The Balaban J connectivity index is 1.39. The van der Waals surface area contributed by atoms with Crippen LogP contribution in [0.15, 0.2) is 54.6 Å². The SMILES string of the molecule is C/C=C/CCC1CCC2CC(c3ccc(-c4ccc(F)cc4)c(F)c3)CCC2C1. The Morgan fingerprint density at radius 1 is 0.897 bits per heavy atom. The summed E-state index contributed by atoms with van der Waals surface area (Å²) in [5.74, 6) is 2.58. The molecule has 2 aromatic rings. The molecule has 4 atom stereocenters. The smallest absolute Gasteiger partial charge is 0.131 e. The van der Waals surface area contributed by atoms with Gasteiger partial charge in [-0.15, -0.1) is 0 Å². The Morgan fingerprint density at radius 2 is 1.66 bits per heavy atom. The first-order valence-corrected chi connectivity index (χ1v) is 11.3. The molecule has 0 radical (unpaired) electrons. The molecule has 0 bridgehead atoms. The van der Waals surface area contributed by atoms with Crippen molar-refractivity contribution in [1.82, 2.24) is 0 Å². The molecular formula is C27H32F2. The Morgan fingerprint density at radius 3 is 2.41 bits per heavy atom.